The summed E-state index contributed by atoms with van der Waals surface area (Å²) >= 11 is 0. The Labute approximate surface area is 171 Å². The quantitative estimate of drug-likeness (QED) is 0.740. The van der Waals surface area contributed by atoms with E-state index in [2.05, 4.69) is 12.1 Å². The summed E-state index contributed by atoms with van der Waals surface area (Å²) in [6.07, 6.45) is 0.563. The molecule has 1 amide bonds. The number of benzene rings is 2. The first kappa shape index (κ1) is 21.4. The molecule has 1 fully saturated rings. The van der Waals surface area contributed by atoms with Gasteiger partial charge in [0.15, 0.2) is 0 Å². The van der Waals surface area contributed by atoms with Crippen LogP contribution < -0.4 is 0 Å². The van der Waals surface area contributed by atoms with Gasteiger partial charge in [0.25, 0.3) is 0 Å². The molecule has 0 aromatic heterocycles. The third-order valence-corrected chi connectivity index (χ3v) is 5.33. The molecule has 1 aliphatic rings. The minimum absolute atomic E-state index is 0.0199. The van der Waals surface area contributed by atoms with Gasteiger partial charge in [-0.1, -0.05) is 42.5 Å². The Morgan fingerprint density at radius 3 is 2.62 bits per heavy atom. The Balaban J connectivity index is 1.67. The molecule has 156 valence electrons. The first-order chi connectivity index (χ1) is 14.0. The van der Waals surface area contributed by atoms with Crippen LogP contribution in [0.4, 0.5) is 4.39 Å². The van der Waals surface area contributed by atoms with E-state index in [4.69, 9.17) is 4.74 Å². The highest BCUT2D eigenvalue weighted by Gasteiger charge is 2.30. The van der Waals surface area contributed by atoms with Gasteiger partial charge < -0.3 is 14.7 Å². The van der Waals surface area contributed by atoms with Crippen molar-refractivity contribution in [1.82, 2.24) is 9.80 Å². The van der Waals surface area contributed by atoms with E-state index >= 15 is 0 Å². The molecule has 29 heavy (non-hydrogen) atoms. The predicted molar refractivity (Wildman–Crippen MR) is 110 cm³/mol. The molecule has 0 radical (unpaired) electrons. The molecule has 1 heterocycles. The van der Waals surface area contributed by atoms with Crippen molar-refractivity contribution in [3.05, 3.63) is 71.5 Å². The largest absolute Gasteiger partial charge is 0.395 e. The normalized spacial score (nSPS) is 19.2. The van der Waals surface area contributed by atoms with Crippen molar-refractivity contribution >= 4 is 5.91 Å². The predicted octanol–water partition coefficient (Wildman–Crippen LogP) is 2.48. The van der Waals surface area contributed by atoms with Crippen LogP contribution in [0.15, 0.2) is 54.6 Å². The average molecular weight is 400 g/mol. The summed E-state index contributed by atoms with van der Waals surface area (Å²) in [6.45, 7) is 4.07. The number of rotatable bonds is 8. The van der Waals surface area contributed by atoms with Gasteiger partial charge in [0.05, 0.1) is 25.9 Å². The number of ether oxygens (including phenoxy) is 1. The monoisotopic (exact) mass is 400 g/mol. The third-order valence-electron chi connectivity index (χ3n) is 5.33. The molecular formula is C23H29FN2O3. The van der Waals surface area contributed by atoms with Crippen LogP contribution in [0.3, 0.4) is 0 Å². The zero-order chi connectivity index (χ0) is 20.6. The van der Waals surface area contributed by atoms with Gasteiger partial charge in [-0.2, -0.15) is 0 Å². The molecule has 0 saturated carbocycles. The first-order valence-corrected chi connectivity index (χ1v) is 10.1. The van der Waals surface area contributed by atoms with Crippen molar-refractivity contribution in [2.75, 3.05) is 32.8 Å². The van der Waals surface area contributed by atoms with Gasteiger partial charge in [-0.25, -0.2) is 4.39 Å². The fourth-order valence-electron chi connectivity index (χ4n) is 3.53. The highest BCUT2D eigenvalue weighted by molar-refractivity contribution is 5.78. The van der Waals surface area contributed by atoms with Gasteiger partial charge in [-0.15, -0.1) is 0 Å². The Morgan fingerprint density at radius 1 is 1.14 bits per heavy atom. The van der Waals surface area contributed by atoms with Crippen LogP contribution >= 0.6 is 0 Å². The van der Waals surface area contributed by atoms with Crippen LogP contribution in [0.1, 0.15) is 18.1 Å². The minimum Gasteiger partial charge on any atom is -0.395 e. The Morgan fingerprint density at radius 2 is 1.90 bits per heavy atom. The molecule has 0 bridgehead atoms. The van der Waals surface area contributed by atoms with Crippen molar-refractivity contribution in [1.29, 1.82) is 0 Å². The van der Waals surface area contributed by atoms with E-state index in [1.807, 2.05) is 41.0 Å². The Kier molecular flexibility index (Phi) is 7.75. The van der Waals surface area contributed by atoms with Crippen LogP contribution in [0.25, 0.3) is 0 Å². The number of hydrogen-bond donors (Lipinski definition) is 1. The molecule has 2 unspecified atom stereocenters. The van der Waals surface area contributed by atoms with Gasteiger partial charge >= 0.3 is 0 Å². The number of carbonyl (C=O) groups is 1. The third kappa shape index (κ3) is 6.35. The molecule has 5 nitrogen and oxygen atoms in total. The molecule has 2 aromatic rings. The van der Waals surface area contributed by atoms with Crippen molar-refractivity contribution in [3.63, 3.8) is 0 Å². The number of aliphatic hydroxyl groups excluding tert-OH is 1. The lowest BCUT2D eigenvalue weighted by Gasteiger charge is -2.27. The molecule has 2 aromatic carbocycles. The molecule has 6 heteroatoms. The zero-order valence-corrected chi connectivity index (χ0v) is 16.8. The summed E-state index contributed by atoms with van der Waals surface area (Å²) in [5.41, 5.74) is 1.94. The second-order valence-electron chi connectivity index (χ2n) is 7.60. The summed E-state index contributed by atoms with van der Waals surface area (Å²) < 4.78 is 19.5. The maximum absolute atomic E-state index is 13.4. The first-order valence-electron chi connectivity index (χ1n) is 10.1. The van der Waals surface area contributed by atoms with Crippen LogP contribution in [0.2, 0.25) is 0 Å². The Bertz CT molecular complexity index is 787. The van der Waals surface area contributed by atoms with E-state index in [1.165, 1.54) is 17.7 Å². The second kappa shape index (κ2) is 10.5. The van der Waals surface area contributed by atoms with E-state index in [9.17, 15) is 14.3 Å². The average Bonchev–Trinajstić information content (AvgIpc) is 2.89. The fourth-order valence-corrected chi connectivity index (χ4v) is 3.53. The number of nitrogens with zero attached hydrogens (tertiary/aromatic N) is 2. The van der Waals surface area contributed by atoms with E-state index < -0.39 is 0 Å². The Hall–Kier alpha value is -2.28. The maximum atomic E-state index is 13.4. The van der Waals surface area contributed by atoms with E-state index in [1.54, 1.807) is 6.07 Å². The van der Waals surface area contributed by atoms with Gasteiger partial charge in [0.1, 0.15) is 5.82 Å². The molecule has 3 rings (SSSR count). The summed E-state index contributed by atoms with van der Waals surface area (Å²) in [4.78, 5) is 16.6. The maximum Gasteiger partial charge on any atom is 0.236 e. The number of carbonyl (C=O) groups excluding carboxylic acids is 1. The number of amides is 1. The van der Waals surface area contributed by atoms with E-state index in [0.717, 1.165) is 12.0 Å². The van der Waals surface area contributed by atoms with Crippen molar-refractivity contribution < 1.29 is 19.0 Å². The number of aliphatic hydroxyl groups is 1. The minimum atomic E-state index is -0.290. The highest BCUT2D eigenvalue weighted by atomic mass is 19.1. The molecule has 2 atom stereocenters. The number of hydrogen-bond acceptors (Lipinski definition) is 4. The lowest BCUT2D eigenvalue weighted by Crippen LogP contribution is -2.42. The number of halogens is 1. The molecular weight excluding hydrogens is 371 g/mol. The SMILES string of the molecule is CC(CO)N1CC(=O)N(CCc2ccccc2)CC(OCc2cccc(F)c2)C1. The summed E-state index contributed by atoms with van der Waals surface area (Å²) in [5.74, 6) is -0.250. The molecule has 1 saturated heterocycles. The topological polar surface area (TPSA) is 53.0 Å². The zero-order valence-electron chi connectivity index (χ0n) is 16.8. The van der Waals surface area contributed by atoms with Crippen LogP contribution in [-0.2, 0) is 22.6 Å². The molecule has 1 aliphatic heterocycles. The second-order valence-corrected chi connectivity index (χ2v) is 7.60. The van der Waals surface area contributed by atoms with Gasteiger partial charge in [-0.05, 0) is 36.6 Å². The summed E-state index contributed by atoms with van der Waals surface area (Å²) in [5, 5.41) is 9.56. The molecule has 0 spiro atoms. The van der Waals surface area contributed by atoms with Crippen LogP contribution in [-0.4, -0.2) is 65.7 Å². The van der Waals surface area contributed by atoms with Gasteiger partial charge in [-0.3, -0.25) is 9.69 Å². The van der Waals surface area contributed by atoms with Crippen LogP contribution in [0.5, 0.6) is 0 Å². The fraction of sp³-hybridized carbons (Fsp3) is 0.435. The summed E-state index contributed by atoms with van der Waals surface area (Å²) in [6, 6.07) is 16.3. The van der Waals surface area contributed by atoms with Crippen molar-refractivity contribution in [3.8, 4) is 0 Å². The summed E-state index contributed by atoms with van der Waals surface area (Å²) in [7, 11) is 0. The van der Waals surface area contributed by atoms with Gasteiger partial charge in [0.2, 0.25) is 5.91 Å². The van der Waals surface area contributed by atoms with Crippen LogP contribution in [0, 0.1) is 5.82 Å². The van der Waals surface area contributed by atoms with Crippen molar-refractivity contribution in [2.45, 2.75) is 32.1 Å². The smallest absolute Gasteiger partial charge is 0.236 e. The lowest BCUT2D eigenvalue weighted by atomic mass is 10.1. The lowest BCUT2D eigenvalue weighted by molar-refractivity contribution is -0.132. The van der Waals surface area contributed by atoms with Crippen molar-refractivity contribution in [2.24, 2.45) is 0 Å². The molecule has 0 aliphatic carbocycles. The molecule has 1 N–H and O–H groups in total. The standard InChI is InChI=1S/C23H29FN2O3/c1-18(16-27)26-14-22(29-17-20-8-5-9-21(24)12-20)13-25(23(28)15-26)11-10-19-6-3-2-4-7-19/h2-9,12,18,22,27H,10-11,13-17H2,1H3. The van der Waals surface area contributed by atoms with Gasteiger partial charge in [0, 0.05) is 25.7 Å². The highest BCUT2D eigenvalue weighted by Crippen LogP contribution is 2.15. The van der Waals surface area contributed by atoms with E-state index in [-0.39, 0.29) is 43.6 Å². The van der Waals surface area contributed by atoms with E-state index in [0.29, 0.717) is 19.6 Å².